The molecule has 0 radical (unpaired) electrons. The lowest BCUT2D eigenvalue weighted by Crippen LogP contribution is -2.53. The van der Waals surface area contributed by atoms with E-state index in [1.54, 1.807) is 36.1 Å². The molecule has 2 fully saturated rings. The van der Waals surface area contributed by atoms with Crippen LogP contribution in [0.2, 0.25) is 0 Å². The molecule has 2 aliphatic rings. The van der Waals surface area contributed by atoms with Gasteiger partial charge in [0.25, 0.3) is 5.91 Å². The number of nitrogens with one attached hydrogen (secondary N) is 1. The summed E-state index contributed by atoms with van der Waals surface area (Å²) in [7, 11) is -1.61. The molecule has 0 aromatic heterocycles. The molecular weight excluding hydrogens is 555 g/mol. The van der Waals surface area contributed by atoms with Crippen LogP contribution in [0.4, 0.5) is 13.2 Å². The van der Waals surface area contributed by atoms with Crippen molar-refractivity contribution in [3.05, 3.63) is 65.2 Å². The largest absolute Gasteiger partial charge is 0.416 e. The van der Waals surface area contributed by atoms with Crippen LogP contribution in [0.25, 0.3) is 0 Å². The number of halogens is 3. The average Bonchev–Trinajstić information content (AvgIpc) is 3.27. The Labute approximate surface area is 240 Å². The Morgan fingerprint density at radius 2 is 1.80 bits per heavy atom. The molecule has 1 aliphatic carbocycles. The number of sulfone groups is 1. The van der Waals surface area contributed by atoms with Crippen LogP contribution < -0.4 is 5.32 Å². The van der Waals surface area contributed by atoms with Gasteiger partial charge in [-0.05, 0) is 89.2 Å². The van der Waals surface area contributed by atoms with E-state index in [0.717, 1.165) is 24.6 Å². The highest BCUT2D eigenvalue weighted by Gasteiger charge is 2.44. The van der Waals surface area contributed by atoms with Crippen LogP contribution in [0.5, 0.6) is 0 Å². The number of aryl methyl sites for hydroxylation is 1. The minimum atomic E-state index is -4.59. The van der Waals surface area contributed by atoms with Crippen molar-refractivity contribution in [1.29, 1.82) is 0 Å². The summed E-state index contributed by atoms with van der Waals surface area (Å²) in [5, 5.41) is 2.61. The van der Waals surface area contributed by atoms with Crippen LogP contribution >= 0.6 is 0 Å². The van der Waals surface area contributed by atoms with Crippen molar-refractivity contribution in [1.82, 2.24) is 15.1 Å². The summed E-state index contributed by atoms with van der Waals surface area (Å²) >= 11 is 0. The number of amides is 2. The highest BCUT2D eigenvalue weighted by atomic mass is 32.2. The molecule has 2 aromatic carbocycles. The number of carbonyl (C=O) groups is 2. The van der Waals surface area contributed by atoms with Crippen molar-refractivity contribution in [2.45, 2.75) is 81.7 Å². The maximum atomic E-state index is 13.6. The molecule has 2 aromatic rings. The fraction of sp³-hybridized carbons (Fsp3) is 0.533. The SMILES string of the molecule is Cc1ccccc1S(=O)(=O)C[C@@H]1C[C@H](N(C)C(C)C)CC[C@@H]1N1CCC(NC(=O)c2cccc(C(F)(F)F)c2)C1=O. The third-order valence-corrected chi connectivity index (χ3v) is 10.6. The molecule has 1 heterocycles. The maximum Gasteiger partial charge on any atom is 0.416 e. The van der Waals surface area contributed by atoms with Crippen molar-refractivity contribution in [2.75, 3.05) is 19.3 Å². The summed E-state index contributed by atoms with van der Waals surface area (Å²) in [6.45, 7) is 6.28. The molecular formula is C30H38F3N3O4S. The number of rotatable bonds is 8. The third-order valence-electron chi connectivity index (χ3n) is 8.56. The molecule has 0 bridgehead atoms. The van der Waals surface area contributed by atoms with Gasteiger partial charge in [-0.2, -0.15) is 13.2 Å². The summed E-state index contributed by atoms with van der Waals surface area (Å²) in [5.41, 5.74) is -0.443. The van der Waals surface area contributed by atoms with Crippen LogP contribution in [0.15, 0.2) is 53.4 Å². The smallest absolute Gasteiger partial charge is 0.340 e. The average molecular weight is 594 g/mol. The van der Waals surface area contributed by atoms with Crippen LogP contribution in [-0.2, 0) is 20.8 Å². The first-order valence-electron chi connectivity index (χ1n) is 14.0. The summed E-state index contributed by atoms with van der Waals surface area (Å²) in [6.07, 6.45) is -2.27. The Kier molecular flexibility index (Phi) is 9.18. The van der Waals surface area contributed by atoms with E-state index in [1.807, 2.05) is 7.05 Å². The molecule has 2 amide bonds. The first-order valence-corrected chi connectivity index (χ1v) is 15.6. The lowest BCUT2D eigenvalue weighted by molar-refractivity contribution is -0.137. The minimum absolute atomic E-state index is 0.101. The van der Waals surface area contributed by atoms with E-state index in [4.69, 9.17) is 0 Å². The molecule has 0 spiro atoms. The molecule has 4 atom stereocenters. The standard InChI is InChI=1S/C30H38F3N3O4S/c1-19(2)35(4)24-12-13-26(22(17-24)18-41(39,40)27-11-6-5-8-20(27)3)36-15-14-25(29(36)38)34-28(37)21-9-7-10-23(16-21)30(31,32)33/h5-11,16,19,22,24-26H,12-15,17-18H2,1-4H3,(H,34,37)/t22-,24+,25?,26-/m0/s1. The Bertz CT molecular complexity index is 1380. The second-order valence-electron chi connectivity index (χ2n) is 11.5. The highest BCUT2D eigenvalue weighted by Crippen LogP contribution is 2.36. The van der Waals surface area contributed by atoms with Gasteiger partial charge in [-0.3, -0.25) is 9.59 Å². The molecule has 224 valence electrons. The van der Waals surface area contributed by atoms with Crippen LogP contribution in [-0.4, -0.2) is 73.5 Å². The van der Waals surface area contributed by atoms with E-state index in [0.29, 0.717) is 31.4 Å². The summed E-state index contributed by atoms with van der Waals surface area (Å²) in [4.78, 5) is 30.5. The van der Waals surface area contributed by atoms with Crippen molar-refractivity contribution < 1.29 is 31.2 Å². The van der Waals surface area contributed by atoms with Crippen molar-refractivity contribution in [3.63, 3.8) is 0 Å². The van der Waals surface area contributed by atoms with Crippen molar-refractivity contribution in [3.8, 4) is 0 Å². The van der Waals surface area contributed by atoms with E-state index in [-0.39, 0.29) is 46.2 Å². The molecule has 11 heteroatoms. The second-order valence-corrected chi connectivity index (χ2v) is 13.5. The number of nitrogens with zero attached hydrogens (tertiary/aromatic N) is 2. The molecule has 4 rings (SSSR count). The molecule has 41 heavy (non-hydrogen) atoms. The zero-order valence-electron chi connectivity index (χ0n) is 23.8. The van der Waals surface area contributed by atoms with Crippen LogP contribution in [0.3, 0.4) is 0 Å². The fourth-order valence-electron chi connectivity index (χ4n) is 6.12. The normalized spacial score (nSPS) is 23.8. The zero-order chi connectivity index (χ0) is 30.1. The van der Waals surface area contributed by atoms with Gasteiger partial charge in [0.2, 0.25) is 5.91 Å². The Morgan fingerprint density at radius 3 is 2.46 bits per heavy atom. The molecule has 1 saturated heterocycles. The predicted octanol–water partition coefficient (Wildman–Crippen LogP) is 4.70. The number of hydrogen-bond donors (Lipinski definition) is 1. The van der Waals surface area contributed by atoms with E-state index in [9.17, 15) is 31.2 Å². The van der Waals surface area contributed by atoms with E-state index < -0.39 is 33.5 Å². The van der Waals surface area contributed by atoms with E-state index in [2.05, 4.69) is 24.1 Å². The van der Waals surface area contributed by atoms with Crippen LogP contribution in [0.1, 0.15) is 61.0 Å². The monoisotopic (exact) mass is 593 g/mol. The number of likely N-dealkylation sites (tertiary alicyclic amines) is 1. The molecule has 1 aliphatic heterocycles. The lowest BCUT2D eigenvalue weighted by atomic mass is 9.81. The van der Waals surface area contributed by atoms with Gasteiger partial charge in [0.1, 0.15) is 6.04 Å². The van der Waals surface area contributed by atoms with Crippen LogP contribution in [0, 0.1) is 12.8 Å². The number of alkyl halides is 3. The molecule has 1 unspecified atom stereocenters. The first kappa shape index (κ1) is 31.0. The minimum Gasteiger partial charge on any atom is -0.340 e. The first-order chi connectivity index (χ1) is 19.2. The highest BCUT2D eigenvalue weighted by molar-refractivity contribution is 7.91. The molecule has 1 N–H and O–H groups in total. The van der Waals surface area contributed by atoms with Gasteiger partial charge >= 0.3 is 6.18 Å². The lowest BCUT2D eigenvalue weighted by Gasteiger charge is -2.44. The van der Waals surface area contributed by atoms with Gasteiger partial charge in [-0.1, -0.05) is 24.3 Å². The topological polar surface area (TPSA) is 86.8 Å². The van der Waals surface area contributed by atoms with Gasteiger partial charge in [0, 0.05) is 30.2 Å². The Hall–Kier alpha value is -2.92. The van der Waals surface area contributed by atoms with Gasteiger partial charge in [0.15, 0.2) is 9.84 Å². The summed E-state index contributed by atoms with van der Waals surface area (Å²) in [6, 6.07) is 10.2. The van der Waals surface area contributed by atoms with Gasteiger partial charge in [-0.25, -0.2) is 8.42 Å². The van der Waals surface area contributed by atoms with Gasteiger partial charge < -0.3 is 15.1 Å². The van der Waals surface area contributed by atoms with Gasteiger partial charge in [-0.15, -0.1) is 0 Å². The van der Waals surface area contributed by atoms with Crippen molar-refractivity contribution >= 4 is 21.7 Å². The fourth-order valence-corrected chi connectivity index (χ4v) is 8.07. The van der Waals surface area contributed by atoms with Crippen molar-refractivity contribution in [2.24, 2.45) is 5.92 Å². The second kappa shape index (κ2) is 12.1. The Balaban J connectivity index is 1.53. The third kappa shape index (κ3) is 6.94. The van der Waals surface area contributed by atoms with E-state index >= 15 is 0 Å². The number of carbonyl (C=O) groups excluding carboxylic acids is 2. The quantitative estimate of drug-likeness (QED) is 0.480. The molecule has 1 saturated carbocycles. The van der Waals surface area contributed by atoms with E-state index in [1.165, 1.54) is 6.07 Å². The number of benzene rings is 2. The maximum absolute atomic E-state index is 13.6. The predicted molar refractivity (Wildman–Crippen MR) is 150 cm³/mol. The number of hydrogen-bond acceptors (Lipinski definition) is 5. The zero-order valence-corrected chi connectivity index (χ0v) is 24.6. The summed E-state index contributed by atoms with van der Waals surface area (Å²) in [5.74, 6) is -1.50. The van der Waals surface area contributed by atoms with Gasteiger partial charge in [0.05, 0.1) is 16.2 Å². The Morgan fingerprint density at radius 1 is 1.10 bits per heavy atom. The summed E-state index contributed by atoms with van der Waals surface area (Å²) < 4.78 is 66.5. The molecule has 7 nitrogen and oxygen atoms in total.